The smallest absolute Gasteiger partial charge is 0.222 e. The predicted molar refractivity (Wildman–Crippen MR) is 90.8 cm³/mol. The van der Waals surface area contributed by atoms with E-state index in [1.165, 1.54) is 11.8 Å². The summed E-state index contributed by atoms with van der Waals surface area (Å²) in [5, 5.41) is 0. The Morgan fingerprint density at radius 3 is 2.38 bits per heavy atom. The molecule has 126 valence electrons. The van der Waals surface area contributed by atoms with Crippen LogP contribution in [0.25, 0.3) is 0 Å². The van der Waals surface area contributed by atoms with Crippen LogP contribution in [0.5, 0.6) is 0 Å². The summed E-state index contributed by atoms with van der Waals surface area (Å²) in [4.78, 5) is 28.3. The third-order valence-electron chi connectivity index (χ3n) is 4.36. The Labute approximate surface area is 141 Å². The summed E-state index contributed by atoms with van der Waals surface area (Å²) in [6, 6.07) is 13.5. The summed E-state index contributed by atoms with van der Waals surface area (Å²) in [6.45, 7) is 3.16. The number of ketones is 1. The van der Waals surface area contributed by atoms with E-state index in [1.54, 1.807) is 12.1 Å². The largest absolute Gasteiger partial charge is 0.461 e. The molecule has 0 bridgehead atoms. The van der Waals surface area contributed by atoms with Crippen molar-refractivity contribution in [1.82, 2.24) is 9.80 Å². The average Bonchev–Trinajstić information content (AvgIpc) is 3.16. The highest BCUT2D eigenvalue weighted by molar-refractivity contribution is 5.95. The summed E-state index contributed by atoms with van der Waals surface area (Å²) < 4.78 is 5.13. The van der Waals surface area contributed by atoms with Crippen LogP contribution in [-0.4, -0.2) is 54.2 Å². The highest BCUT2D eigenvalue weighted by Crippen LogP contribution is 2.09. The van der Waals surface area contributed by atoms with Gasteiger partial charge in [0.15, 0.2) is 5.76 Å². The molecule has 1 aromatic heterocycles. The van der Waals surface area contributed by atoms with Crippen LogP contribution in [0.3, 0.4) is 0 Å². The molecule has 2 aromatic rings. The fraction of sp³-hybridized carbons (Fsp3) is 0.368. The highest BCUT2D eigenvalue weighted by atomic mass is 16.3. The lowest BCUT2D eigenvalue weighted by Gasteiger charge is -2.34. The standard InChI is InChI=1S/C19H22N2O3/c22-17(18-7-4-14-24-18)15-20-10-12-21(13-11-20)19(23)9-8-16-5-2-1-3-6-16/h1-7,14H,8-13,15H2. The Hall–Kier alpha value is -2.40. The number of hydrogen-bond acceptors (Lipinski definition) is 4. The minimum absolute atomic E-state index is 0.0103. The van der Waals surface area contributed by atoms with Gasteiger partial charge in [-0.2, -0.15) is 0 Å². The summed E-state index contributed by atoms with van der Waals surface area (Å²) in [5.74, 6) is 0.580. The number of Topliss-reactive ketones (excluding diaryl/α,β-unsaturated/α-hetero) is 1. The molecule has 1 aliphatic heterocycles. The number of rotatable bonds is 6. The molecule has 1 saturated heterocycles. The Balaban J connectivity index is 1.41. The van der Waals surface area contributed by atoms with Crippen LogP contribution in [0.2, 0.25) is 0 Å². The minimum atomic E-state index is -0.0103. The van der Waals surface area contributed by atoms with Crippen molar-refractivity contribution in [2.24, 2.45) is 0 Å². The molecule has 24 heavy (non-hydrogen) atoms. The fourth-order valence-corrected chi connectivity index (χ4v) is 2.93. The zero-order valence-corrected chi connectivity index (χ0v) is 13.7. The van der Waals surface area contributed by atoms with Crippen molar-refractivity contribution >= 4 is 11.7 Å². The van der Waals surface area contributed by atoms with Gasteiger partial charge in [-0.15, -0.1) is 0 Å². The molecule has 0 N–H and O–H groups in total. The third-order valence-corrected chi connectivity index (χ3v) is 4.36. The van der Waals surface area contributed by atoms with Crippen molar-refractivity contribution in [2.45, 2.75) is 12.8 Å². The second kappa shape index (κ2) is 7.93. The zero-order chi connectivity index (χ0) is 16.8. The lowest BCUT2D eigenvalue weighted by molar-refractivity contribution is -0.132. The van der Waals surface area contributed by atoms with Gasteiger partial charge >= 0.3 is 0 Å². The Kier molecular flexibility index (Phi) is 5.43. The molecule has 2 heterocycles. The van der Waals surface area contributed by atoms with Gasteiger partial charge in [0.1, 0.15) is 0 Å². The van der Waals surface area contributed by atoms with E-state index in [2.05, 4.69) is 4.90 Å². The number of carbonyl (C=O) groups is 2. The molecular weight excluding hydrogens is 304 g/mol. The molecule has 0 aliphatic carbocycles. The molecular formula is C19H22N2O3. The number of benzene rings is 1. The van der Waals surface area contributed by atoms with Gasteiger partial charge in [0.2, 0.25) is 11.7 Å². The summed E-state index contributed by atoms with van der Waals surface area (Å²) >= 11 is 0. The van der Waals surface area contributed by atoms with Crippen LogP contribution >= 0.6 is 0 Å². The summed E-state index contributed by atoms with van der Waals surface area (Å²) in [5.41, 5.74) is 1.19. The maximum Gasteiger partial charge on any atom is 0.222 e. The van der Waals surface area contributed by atoms with E-state index in [9.17, 15) is 9.59 Å². The number of nitrogens with zero attached hydrogens (tertiary/aromatic N) is 2. The van der Waals surface area contributed by atoms with Crippen LogP contribution in [-0.2, 0) is 11.2 Å². The maximum absolute atomic E-state index is 12.3. The SMILES string of the molecule is O=C(CN1CCN(C(=O)CCc2ccccc2)CC1)c1ccco1. The van der Waals surface area contributed by atoms with Crippen LogP contribution in [0.1, 0.15) is 22.5 Å². The lowest BCUT2D eigenvalue weighted by Crippen LogP contribution is -2.49. The molecule has 1 amide bonds. The Morgan fingerprint density at radius 2 is 1.71 bits per heavy atom. The van der Waals surface area contributed by atoms with Crippen LogP contribution < -0.4 is 0 Å². The second-order valence-electron chi connectivity index (χ2n) is 6.04. The van der Waals surface area contributed by atoms with E-state index in [4.69, 9.17) is 4.42 Å². The van der Waals surface area contributed by atoms with Crippen LogP contribution in [0.15, 0.2) is 53.1 Å². The molecule has 0 spiro atoms. The van der Waals surface area contributed by atoms with Crippen molar-refractivity contribution in [3.8, 4) is 0 Å². The number of furan rings is 1. The predicted octanol–water partition coefficient (Wildman–Crippen LogP) is 2.24. The van der Waals surface area contributed by atoms with Gasteiger partial charge in [-0.25, -0.2) is 0 Å². The van der Waals surface area contributed by atoms with Crippen LogP contribution in [0, 0.1) is 0 Å². The van der Waals surface area contributed by atoms with E-state index in [1.807, 2.05) is 35.2 Å². The first-order chi connectivity index (χ1) is 11.7. The Bertz CT molecular complexity index is 659. The van der Waals surface area contributed by atoms with Gasteiger partial charge in [-0.3, -0.25) is 14.5 Å². The molecule has 0 atom stereocenters. The topological polar surface area (TPSA) is 53.8 Å². The molecule has 5 nitrogen and oxygen atoms in total. The van der Waals surface area contributed by atoms with E-state index < -0.39 is 0 Å². The number of amides is 1. The van der Waals surface area contributed by atoms with Crippen LogP contribution in [0.4, 0.5) is 0 Å². The van der Waals surface area contributed by atoms with Gasteiger partial charge in [0.05, 0.1) is 12.8 Å². The van der Waals surface area contributed by atoms with Crippen molar-refractivity contribution in [2.75, 3.05) is 32.7 Å². The van der Waals surface area contributed by atoms with E-state index >= 15 is 0 Å². The van der Waals surface area contributed by atoms with Gasteiger partial charge in [-0.1, -0.05) is 30.3 Å². The maximum atomic E-state index is 12.3. The monoisotopic (exact) mass is 326 g/mol. The number of carbonyl (C=O) groups excluding carboxylic acids is 2. The molecule has 1 aromatic carbocycles. The first-order valence-electron chi connectivity index (χ1n) is 8.33. The summed E-state index contributed by atoms with van der Waals surface area (Å²) in [6.07, 6.45) is 2.82. The molecule has 1 fully saturated rings. The molecule has 0 radical (unpaired) electrons. The third kappa shape index (κ3) is 4.32. The average molecular weight is 326 g/mol. The van der Waals surface area contributed by atoms with Gasteiger partial charge in [-0.05, 0) is 24.1 Å². The van der Waals surface area contributed by atoms with E-state index in [-0.39, 0.29) is 11.7 Å². The zero-order valence-electron chi connectivity index (χ0n) is 13.7. The number of aryl methyl sites for hydroxylation is 1. The normalized spacial score (nSPS) is 15.4. The van der Waals surface area contributed by atoms with Crippen molar-refractivity contribution < 1.29 is 14.0 Å². The van der Waals surface area contributed by atoms with Crippen molar-refractivity contribution in [3.05, 3.63) is 60.1 Å². The highest BCUT2D eigenvalue weighted by Gasteiger charge is 2.23. The van der Waals surface area contributed by atoms with Crippen molar-refractivity contribution in [1.29, 1.82) is 0 Å². The quantitative estimate of drug-likeness (QED) is 0.764. The number of piperazine rings is 1. The molecule has 0 saturated carbocycles. The van der Waals surface area contributed by atoms with Gasteiger partial charge < -0.3 is 9.32 Å². The molecule has 1 aliphatic rings. The first kappa shape index (κ1) is 16.5. The lowest BCUT2D eigenvalue weighted by atomic mass is 10.1. The molecule has 0 unspecified atom stereocenters. The minimum Gasteiger partial charge on any atom is -0.461 e. The first-order valence-corrected chi connectivity index (χ1v) is 8.33. The van der Waals surface area contributed by atoms with E-state index in [0.717, 1.165) is 19.5 Å². The Morgan fingerprint density at radius 1 is 0.958 bits per heavy atom. The second-order valence-corrected chi connectivity index (χ2v) is 6.04. The summed E-state index contributed by atoms with van der Waals surface area (Å²) in [7, 11) is 0. The molecule has 3 rings (SSSR count). The van der Waals surface area contributed by atoms with Gasteiger partial charge in [0, 0.05) is 32.6 Å². The number of hydrogen-bond donors (Lipinski definition) is 0. The molecule has 5 heteroatoms. The van der Waals surface area contributed by atoms with Gasteiger partial charge in [0.25, 0.3) is 0 Å². The fourth-order valence-electron chi connectivity index (χ4n) is 2.93. The van der Waals surface area contributed by atoms with E-state index in [0.29, 0.717) is 31.8 Å². The van der Waals surface area contributed by atoms with Crippen molar-refractivity contribution in [3.63, 3.8) is 0 Å².